The Kier molecular flexibility index (Phi) is 8.48. The fourth-order valence-electron chi connectivity index (χ4n) is 4.72. The van der Waals surface area contributed by atoms with Crippen molar-refractivity contribution in [3.63, 3.8) is 0 Å². The number of ether oxygens (including phenoxy) is 3. The summed E-state index contributed by atoms with van der Waals surface area (Å²) >= 11 is 0. The van der Waals surface area contributed by atoms with E-state index in [4.69, 9.17) is 14.2 Å². The van der Waals surface area contributed by atoms with Crippen molar-refractivity contribution in [3.05, 3.63) is 63.2 Å². The number of aliphatic hydroxyl groups is 1. The molecule has 0 aliphatic carbocycles. The van der Waals surface area contributed by atoms with Gasteiger partial charge >= 0.3 is 6.09 Å². The quantitative estimate of drug-likeness (QED) is 0.292. The van der Waals surface area contributed by atoms with Crippen LogP contribution < -0.4 is 9.64 Å². The zero-order chi connectivity index (χ0) is 27.4. The van der Waals surface area contributed by atoms with Crippen LogP contribution in [0.4, 0.5) is 16.2 Å². The van der Waals surface area contributed by atoms with Crippen LogP contribution in [-0.2, 0) is 16.1 Å². The number of nitro benzene ring substituents is 1. The van der Waals surface area contributed by atoms with E-state index in [1.807, 2.05) is 20.8 Å². The summed E-state index contributed by atoms with van der Waals surface area (Å²) in [5.74, 6) is 0.232. The summed E-state index contributed by atoms with van der Waals surface area (Å²) in [5, 5.41) is 22.2. The molecule has 0 radical (unpaired) electrons. The Balaban J connectivity index is 1.59. The summed E-state index contributed by atoms with van der Waals surface area (Å²) in [6.07, 6.45) is -0.108. The van der Waals surface area contributed by atoms with E-state index in [1.165, 1.54) is 24.3 Å². The van der Waals surface area contributed by atoms with Gasteiger partial charge in [-0.15, -0.1) is 0 Å². The Morgan fingerprint density at radius 2 is 1.95 bits per heavy atom. The van der Waals surface area contributed by atoms with Gasteiger partial charge in [-0.2, -0.15) is 0 Å². The van der Waals surface area contributed by atoms with Gasteiger partial charge in [0.05, 0.1) is 41.5 Å². The lowest BCUT2D eigenvalue weighted by Crippen LogP contribution is -2.50. The predicted octanol–water partition coefficient (Wildman–Crippen LogP) is 4.18. The average Bonchev–Trinajstić information content (AvgIpc) is 3.36. The zero-order valence-electron chi connectivity index (χ0n) is 21.8. The molecule has 1 N–H and O–H groups in total. The van der Waals surface area contributed by atoms with Crippen LogP contribution in [0.1, 0.15) is 54.6 Å². The highest BCUT2D eigenvalue weighted by atomic mass is 16.6. The van der Waals surface area contributed by atoms with Crippen LogP contribution in [-0.4, -0.2) is 65.1 Å². The summed E-state index contributed by atoms with van der Waals surface area (Å²) < 4.78 is 17.0. The summed E-state index contributed by atoms with van der Waals surface area (Å²) in [6.45, 7) is 6.98. The third kappa shape index (κ3) is 5.89. The van der Waals surface area contributed by atoms with E-state index in [0.29, 0.717) is 50.3 Å². The number of benzene rings is 2. The van der Waals surface area contributed by atoms with E-state index in [-0.39, 0.29) is 35.6 Å². The van der Waals surface area contributed by atoms with Crippen molar-refractivity contribution in [2.45, 2.75) is 65.0 Å². The number of rotatable bonds is 9. The molecule has 2 aromatic carbocycles. The average molecular weight is 528 g/mol. The number of hydrogen-bond acceptors (Lipinski definition) is 8. The molecule has 1 fully saturated rings. The smallest absolute Gasteiger partial charge is 0.416 e. The van der Waals surface area contributed by atoms with E-state index < -0.39 is 23.3 Å². The molecule has 2 aromatic rings. The van der Waals surface area contributed by atoms with Gasteiger partial charge in [0.15, 0.2) is 6.23 Å². The second-order valence-electron chi connectivity index (χ2n) is 9.73. The molecule has 0 aromatic heterocycles. The fourth-order valence-corrected chi connectivity index (χ4v) is 4.72. The lowest BCUT2D eigenvalue weighted by molar-refractivity contribution is -0.384. The van der Waals surface area contributed by atoms with Crippen molar-refractivity contribution in [1.29, 1.82) is 0 Å². The molecule has 0 bridgehead atoms. The summed E-state index contributed by atoms with van der Waals surface area (Å²) in [7, 11) is 0. The van der Waals surface area contributed by atoms with Crippen LogP contribution in [0.25, 0.3) is 0 Å². The first-order valence-electron chi connectivity index (χ1n) is 12.7. The number of non-ortho nitro benzene ring substituents is 1. The second-order valence-corrected chi connectivity index (χ2v) is 9.73. The molecule has 2 heterocycles. The third-order valence-corrected chi connectivity index (χ3v) is 6.66. The largest absolute Gasteiger partial charge is 0.493 e. The molecule has 2 amide bonds. The van der Waals surface area contributed by atoms with Crippen LogP contribution in [0.3, 0.4) is 0 Å². The van der Waals surface area contributed by atoms with Gasteiger partial charge in [-0.3, -0.25) is 14.9 Å². The van der Waals surface area contributed by atoms with Gasteiger partial charge in [-0.05, 0) is 62.9 Å². The highest BCUT2D eigenvalue weighted by molar-refractivity contribution is 6.05. The first-order chi connectivity index (χ1) is 18.2. The number of aryl methyl sites for hydroxylation is 1. The van der Waals surface area contributed by atoms with Crippen molar-refractivity contribution in [2.24, 2.45) is 0 Å². The minimum absolute atomic E-state index is 0.0737. The van der Waals surface area contributed by atoms with Gasteiger partial charge in [-0.1, -0.05) is 0 Å². The normalized spacial score (nSPS) is 18.7. The Morgan fingerprint density at radius 3 is 2.63 bits per heavy atom. The fraction of sp³-hybridized carbons (Fsp3) is 0.481. The molecule has 11 nitrogen and oxygen atoms in total. The van der Waals surface area contributed by atoms with Gasteiger partial charge in [0, 0.05) is 31.2 Å². The molecule has 2 aliphatic rings. The molecule has 1 saturated heterocycles. The standard InChI is InChI=1S/C27H33N3O8/c1-17(2)36-12-5-13-37-24-15-23-21(14-18(24)3)25(31)28-11-4-6-22(28)26(32)29(23)27(33)38-16-19-7-9-20(10-8-19)30(34)35/h7-10,14-15,17,22,26,32H,4-6,11-13,16H2,1-3H3/t22-,26?/m0/s1. The lowest BCUT2D eigenvalue weighted by atomic mass is 10.1. The maximum atomic E-state index is 13.4. The monoisotopic (exact) mass is 527 g/mol. The number of carbonyl (C=O) groups excluding carboxylic acids is 2. The van der Waals surface area contributed by atoms with Gasteiger partial charge < -0.3 is 24.2 Å². The predicted molar refractivity (Wildman–Crippen MR) is 138 cm³/mol. The summed E-state index contributed by atoms with van der Waals surface area (Å²) in [5.41, 5.74) is 1.70. The maximum absolute atomic E-state index is 13.4. The highest BCUT2D eigenvalue weighted by Gasteiger charge is 2.45. The van der Waals surface area contributed by atoms with E-state index in [9.17, 15) is 24.8 Å². The van der Waals surface area contributed by atoms with Crippen molar-refractivity contribution in [3.8, 4) is 5.75 Å². The molecule has 1 unspecified atom stereocenters. The molecule has 11 heteroatoms. The number of fused-ring (bicyclic) bond motifs is 2. The van der Waals surface area contributed by atoms with E-state index in [0.717, 1.165) is 10.5 Å². The zero-order valence-corrected chi connectivity index (χ0v) is 21.8. The molecule has 0 spiro atoms. The molecule has 204 valence electrons. The first-order valence-corrected chi connectivity index (χ1v) is 12.7. The Morgan fingerprint density at radius 1 is 1.21 bits per heavy atom. The molecule has 4 rings (SSSR count). The number of aliphatic hydroxyl groups excluding tert-OH is 1. The minimum Gasteiger partial charge on any atom is -0.493 e. The van der Waals surface area contributed by atoms with Crippen LogP contribution in [0, 0.1) is 17.0 Å². The summed E-state index contributed by atoms with van der Waals surface area (Å²) in [6, 6.07) is 8.36. The maximum Gasteiger partial charge on any atom is 0.416 e. The van der Waals surface area contributed by atoms with E-state index in [2.05, 4.69) is 0 Å². The topological polar surface area (TPSA) is 132 Å². The molecule has 0 saturated carbocycles. The number of amides is 2. The number of carbonyl (C=O) groups is 2. The lowest BCUT2D eigenvalue weighted by Gasteiger charge is -2.31. The van der Waals surface area contributed by atoms with Crippen molar-refractivity contribution in [1.82, 2.24) is 4.90 Å². The van der Waals surface area contributed by atoms with Crippen molar-refractivity contribution in [2.75, 3.05) is 24.7 Å². The van der Waals surface area contributed by atoms with Crippen LogP contribution in [0.5, 0.6) is 5.75 Å². The molecule has 2 atom stereocenters. The Labute approximate surface area is 221 Å². The third-order valence-electron chi connectivity index (χ3n) is 6.66. The second kappa shape index (κ2) is 11.8. The van der Waals surface area contributed by atoms with Gasteiger partial charge in [0.25, 0.3) is 11.6 Å². The Bertz CT molecular complexity index is 1180. The van der Waals surface area contributed by atoms with Gasteiger partial charge in [0.1, 0.15) is 12.4 Å². The van der Waals surface area contributed by atoms with E-state index in [1.54, 1.807) is 17.0 Å². The summed E-state index contributed by atoms with van der Waals surface area (Å²) in [4.78, 5) is 39.9. The van der Waals surface area contributed by atoms with Gasteiger partial charge in [-0.25, -0.2) is 9.69 Å². The SMILES string of the molecule is Cc1cc2c(cc1OCCCOC(C)C)N(C(=O)OCc1ccc([N+](=O)[O-])cc1)C(O)[C@@H]1CCCN1C2=O. The molecule has 2 aliphatic heterocycles. The van der Waals surface area contributed by atoms with Crippen molar-refractivity contribution < 1.29 is 33.8 Å². The molecular formula is C27H33N3O8. The Hall–Kier alpha value is -3.70. The molecule has 38 heavy (non-hydrogen) atoms. The number of nitrogens with zero attached hydrogens (tertiary/aromatic N) is 3. The van der Waals surface area contributed by atoms with Crippen LogP contribution in [0.2, 0.25) is 0 Å². The molecular weight excluding hydrogens is 494 g/mol. The van der Waals surface area contributed by atoms with Crippen molar-refractivity contribution >= 4 is 23.4 Å². The minimum atomic E-state index is -1.32. The number of anilines is 1. The van der Waals surface area contributed by atoms with E-state index >= 15 is 0 Å². The highest BCUT2D eigenvalue weighted by Crippen LogP contribution is 2.38. The van der Waals surface area contributed by atoms with Crippen LogP contribution >= 0.6 is 0 Å². The van der Waals surface area contributed by atoms with Gasteiger partial charge in [0.2, 0.25) is 0 Å². The number of nitro groups is 1. The first kappa shape index (κ1) is 27.3. The van der Waals surface area contributed by atoms with Crippen LogP contribution in [0.15, 0.2) is 36.4 Å². The number of hydrogen-bond donors (Lipinski definition) is 1.